The molecule has 0 aliphatic carbocycles. The molecule has 1 saturated heterocycles. The number of nitrogens with zero attached hydrogens (tertiary/aromatic N) is 2. The normalized spacial score (nSPS) is 15.1. The summed E-state index contributed by atoms with van der Waals surface area (Å²) in [6.45, 7) is 1.81. The van der Waals surface area contributed by atoms with Crippen molar-refractivity contribution in [3.63, 3.8) is 0 Å². The number of alkyl halides is 3. The molecule has 4 rings (SSSR count). The fourth-order valence-electron chi connectivity index (χ4n) is 3.89. The molecule has 1 amide bonds. The Morgan fingerprint density at radius 2 is 1.94 bits per heavy atom. The Bertz CT molecular complexity index is 1090. The predicted molar refractivity (Wildman–Crippen MR) is 120 cm³/mol. The number of nitrogens with two attached hydrogens (primary N) is 1. The van der Waals surface area contributed by atoms with E-state index in [1.54, 1.807) is 17.0 Å². The number of hydrogen-bond donors (Lipinski definition) is 1. The van der Waals surface area contributed by atoms with Crippen LogP contribution in [0.4, 0.5) is 13.2 Å². The van der Waals surface area contributed by atoms with E-state index >= 15 is 0 Å². The van der Waals surface area contributed by atoms with Crippen LogP contribution in [-0.2, 0) is 18.5 Å². The molecule has 1 aliphatic heterocycles. The number of likely N-dealkylation sites (tertiary alicyclic amines) is 1. The summed E-state index contributed by atoms with van der Waals surface area (Å²) in [7, 11) is 0. The Morgan fingerprint density at radius 3 is 2.61 bits per heavy atom. The lowest BCUT2D eigenvalue weighted by Gasteiger charge is -2.31. The fourth-order valence-corrected chi connectivity index (χ4v) is 4.63. The standard InChI is InChI=1S/C24H24F3N3O2S/c25-24(26,27)19-4-7-22(29-14-19)33-15-20-5-6-21(32-20)23(31)30-10-8-17(9-11-30)18-3-1-2-16(12-18)13-28/h1-7,12,14,17H,8-11,13,15,28H2. The highest BCUT2D eigenvalue weighted by atomic mass is 32.2. The highest BCUT2D eigenvalue weighted by Gasteiger charge is 2.30. The van der Waals surface area contributed by atoms with Crippen molar-refractivity contribution in [1.29, 1.82) is 0 Å². The van der Waals surface area contributed by atoms with Crippen molar-refractivity contribution in [2.45, 2.75) is 42.3 Å². The SMILES string of the molecule is NCc1cccc(C2CCN(C(=O)c3ccc(CSc4ccc(C(F)(F)F)cn4)o3)CC2)c1. The van der Waals surface area contributed by atoms with Crippen LogP contribution in [0.2, 0.25) is 0 Å². The second-order valence-electron chi connectivity index (χ2n) is 7.95. The molecule has 3 heterocycles. The van der Waals surface area contributed by atoms with Gasteiger partial charge in [0.25, 0.3) is 5.91 Å². The Morgan fingerprint density at radius 1 is 1.15 bits per heavy atom. The zero-order chi connectivity index (χ0) is 23.4. The van der Waals surface area contributed by atoms with Gasteiger partial charge in [0, 0.05) is 25.8 Å². The van der Waals surface area contributed by atoms with Gasteiger partial charge >= 0.3 is 6.18 Å². The third-order valence-electron chi connectivity index (χ3n) is 5.74. The number of pyridine rings is 1. The lowest BCUT2D eigenvalue weighted by atomic mass is 9.88. The average molecular weight is 476 g/mol. The van der Waals surface area contributed by atoms with Gasteiger partial charge in [0.05, 0.1) is 16.3 Å². The number of furan rings is 1. The van der Waals surface area contributed by atoms with Crippen LogP contribution >= 0.6 is 11.8 Å². The maximum Gasteiger partial charge on any atom is 0.417 e. The maximum absolute atomic E-state index is 12.9. The number of piperidine rings is 1. The van der Waals surface area contributed by atoms with Gasteiger partial charge in [-0.25, -0.2) is 4.98 Å². The van der Waals surface area contributed by atoms with E-state index in [9.17, 15) is 18.0 Å². The Balaban J connectivity index is 1.30. The molecule has 0 atom stereocenters. The molecule has 1 fully saturated rings. The second-order valence-corrected chi connectivity index (χ2v) is 8.95. The third-order valence-corrected chi connectivity index (χ3v) is 6.70. The van der Waals surface area contributed by atoms with Crippen LogP contribution in [0.1, 0.15) is 51.8 Å². The molecule has 5 nitrogen and oxygen atoms in total. The largest absolute Gasteiger partial charge is 0.455 e. The molecule has 174 valence electrons. The van der Waals surface area contributed by atoms with Gasteiger partial charge < -0.3 is 15.1 Å². The molecule has 0 radical (unpaired) electrons. The van der Waals surface area contributed by atoms with Gasteiger partial charge in [0.1, 0.15) is 5.76 Å². The number of aromatic nitrogens is 1. The van der Waals surface area contributed by atoms with Crippen molar-refractivity contribution < 1.29 is 22.4 Å². The van der Waals surface area contributed by atoms with E-state index < -0.39 is 11.7 Å². The number of hydrogen-bond acceptors (Lipinski definition) is 5. The number of carbonyl (C=O) groups is 1. The van der Waals surface area contributed by atoms with Gasteiger partial charge in [-0.1, -0.05) is 36.0 Å². The molecule has 0 spiro atoms. The highest BCUT2D eigenvalue weighted by Crippen LogP contribution is 2.31. The van der Waals surface area contributed by atoms with Gasteiger partial charge in [-0.05, 0) is 54.2 Å². The van der Waals surface area contributed by atoms with Crippen LogP contribution < -0.4 is 5.73 Å². The summed E-state index contributed by atoms with van der Waals surface area (Å²) >= 11 is 1.25. The quantitative estimate of drug-likeness (QED) is 0.479. The average Bonchev–Trinajstić information content (AvgIpc) is 3.31. The summed E-state index contributed by atoms with van der Waals surface area (Å²) in [5.74, 6) is 1.46. The van der Waals surface area contributed by atoms with Crippen LogP contribution in [0, 0.1) is 0 Å². The first-order chi connectivity index (χ1) is 15.8. The van der Waals surface area contributed by atoms with E-state index in [0.29, 0.717) is 42.1 Å². The summed E-state index contributed by atoms with van der Waals surface area (Å²) in [6, 6.07) is 14.0. The summed E-state index contributed by atoms with van der Waals surface area (Å²) < 4.78 is 43.6. The Labute approximate surface area is 194 Å². The minimum absolute atomic E-state index is 0.145. The first kappa shape index (κ1) is 23.4. The van der Waals surface area contributed by atoms with Gasteiger partial charge in [-0.2, -0.15) is 13.2 Å². The molecular weight excluding hydrogens is 451 g/mol. The monoisotopic (exact) mass is 475 g/mol. The zero-order valence-electron chi connectivity index (χ0n) is 17.8. The summed E-state index contributed by atoms with van der Waals surface area (Å²) in [5, 5.41) is 0.452. The zero-order valence-corrected chi connectivity index (χ0v) is 18.7. The maximum atomic E-state index is 12.9. The smallest absolute Gasteiger partial charge is 0.417 e. The molecule has 0 unspecified atom stereocenters. The number of benzene rings is 1. The van der Waals surface area contributed by atoms with Crippen molar-refractivity contribution in [1.82, 2.24) is 9.88 Å². The first-order valence-corrected chi connectivity index (χ1v) is 11.6. The number of amides is 1. The lowest BCUT2D eigenvalue weighted by molar-refractivity contribution is -0.137. The minimum atomic E-state index is -4.41. The van der Waals surface area contributed by atoms with Crippen molar-refractivity contribution in [3.8, 4) is 0 Å². The Kier molecular flexibility index (Phi) is 7.09. The second kappa shape index (κ2) is 10.0. The van der Waals surface area contributed by atoms with E-state index in [-0.39, 0.29) is 11.7 Å². The van der Waals surface area contributed by atoms with Crippen LogP contribution in [0.5, 0.6) is 0 Å². The molecule has 2 aromatic heterocycles. The van der Waals surface area contributed by atoms with Gasteiger partial charge in [0.15, 0.2) is 5.76 Å². The Hall–Kier alpha value is -2.78. The van der Waals surface area contributed by atoms with Crippen molar-refractivity contribution >= 4 is 17.7 Å². The van der Waals surface area contributed by atoms with Crippen LogP contribution in [0.15, 0.2) is 64.2 Å². The fraction of sp³-hybridized carbons (Fsp3) is 0.333. The summed E-state index contributed by atoms with van der Waals surface area (Å²) in [4.78, 5) is 18.5. The van der Waals surface area contributed by atoms with Crippen molar-refractivity contribution in [2.75, 3.05) is 13.1 Å². The lowest BCUT2D eigenvalue weighted by Crippen LogP contribution is -2.37. The number of thioether (sulfide) groups is 1. The van der Waals surface area contributed by atoms with Crippen molar-refractivity contribution in [3.05, 3.63) is 82.9 Å². The van der Waals surface area contributed by atoms with Gasteiger partial charge in [-0.3, -0.25) is 4.79 Å². The summed E-state index contributed by atoms with van der Waals surface area (Å²) in [6.07, 6.45) is -1.84. The molecule has 3 aromatic rings. The summed E-state index contributed by atoms with van der Waals surface area (Å²) in [5.41, 5.74) is 7.33. The molecule has 9 heteroatoms. The van der Waals surface area contributed by atoms with Gasteiger partial charge in [0.2, 0.25) is 0 Å². The number of carbonyl (C=O) groups excluding carboxylic acids is 1. The van der Waals surface area contributed by atoms with E-state index in [4.69, 9.17) is 10.2 Å². The molecule has 0 saturated carbocycles. The highest BCUT2D eigenvalue weighted by molar-refractivity contribution is 7.98. The topological polar surface area (TPSA) is 72.4 Å². The first-order valence-electron chi connectivity index (χ1n) is 10.7. The van der Waals surface area contributed by atoms with Crippen molar-refractivity contribution in [2.24, 2.45) is 5.73 Å². The van der Waals surface area contributed by atoms with Crippen LogP contribution in [0.25, 0.3) is 0 Å². The van der Waals surface area contributed by atoms with E-state index in [2.05, 4.69) is 17.1 Å². The van der Waals surface area contributed by atoms with E-state index in [1.165, 1.54) is 23.4 Å². The molecule has 0 bridgehead atoms. The molecular formula is C24H24F3N3O2S. The van der Waals surface area contributed by atoms with Crippen LogP contribution in [0.3, 0.4) is 0 Å². The van der Waals surface area contributed by atoms with E-state index in [0.717, 1.165) is 30.7 Å². The molecule has 2 N–H and O–H groups in total. The van der Waals surface area contributed by atoms with Gasteiger partial charge in [-0.15, -0.1) is 0 Å². The van der Waals surface area contributed by atoms with Crippen LogP contribution in [-0.4, -0.2) is 28.9 Å². The number of halogens is 3. The van der Waals surface area contributed by atoms with E-state index in [1.807, 2.05) is 12.1 Å². The minimum Gasteiger partial charge on any atom is -0.455 e. The molecule has 33 heavy (non-hydrogen) atoms. The molecule has 1 aromatic carbocycles. The third kappa shape index (κ3) is 5.78. The predicted octanol–water partition coefficient (Wildman–Crippen LogP) is 5.46. The number of rotatable bonds is 6. The molecule has 1 aliphatic rings.